The highest BCUT2D eigenvalue weighted by Gasteiger charge is 2.16. The quantitative estimate of drug-likeness (QED) is 0.756. The maximum Gasteiger partial charge on any atom is 0.282 e. The smallest absolute Gasteiger partial charge is 0.282 e. The Balaban J connectivity index is 1.89. The SMILES string of the molecule is CC(C)c1nnc(NC(=O)c2nn(-c3cccc(Cl)c3)ccc2=O)s1. The average Bonchev–Trinajstić information content (AvgIpc) is 3.04. The molecule has 0 saturated carbocycles. The molecule has 1 N–H and O–H groups in total. The van der Waals surface area contributed by atoms with Gasteiger partial charge in [-0.1, -0.05) is 42.9 Å². The number of benzene rings is 1. The molecule has 3 rings (SSSR count). The third-order valence-corrected chi connectivity index (χ3v) is 4.63. The van der Waals surface area contributed by atoms with E-state index >= 15 is 0 Å². The molecule has 0 aliphatic rings. The number of nitrogens with one attached hydrogen (secondary N) is 1. The molecule has 0 aliphatic carbocycles. The Labute approximate surface area is 152 Å². The van der Waals surface area contributed by atoms with Crippen molar-refractivity contribution in [3.8, 4) is 5.69 Å². The molecule has 7 nitrogen and oxygen atoms in total. The van der Waals surface area contributed by atoms with Gasteiger partial charge in [0.05, 0.1) is 5.69 Å². The van der Waals surface area contributed by atoms with Gasteiger partial charge >= 0.3 is 0 Å². The van der Waals surface area contributed by atoms with E-state index in [1.165, 1.54) is 28.3 Å². The lowest BCUT2D eigenvalue weighted by atomic mass is 10.2. The molecule has 1 amide bonds. The van der Waals surface area contributed by atoms with Crippen LogP contribution in [-0.4, -0.2) is 25.9 Å². The van der Waals surface area contributed by atoms with Gasteiger partial charge in [-0.3, -0.25) is 14.9 Å². The number of amides is 1. The summed E-state index contributed by atoms with van der Waals surface area (Å²) in [5.41, 5.74) is -0.0762. The van der Waals surface area contributed by atoms with Crippen molar-refractivity contribution < 1.29 is 4.79 Å². The Bertz CT molecular complexity index is 982. The highest BCUT2D eigenvalue weighted by atomic mass is 35.5. The minimum absolute atomic E-state index is 0.207. The van der Waals surface area contributed by atoms with Crippen LogP contribution < -0.4 is 10.7 Å². The minimum atomic E-state index is -0.632. The summed E-state index contributed by atoms with van der Waals surface area (Å²) in [6.07, 6.45) is 1.48. The monoisotopic (exact) mass is 375 g/mol. The molecule has 1 aromatic carbocycles. The van der Waals surface area contributed by atoms with Crippen molar-refractivity contribution in [1.29, 1.82) is 0 Å². The Kier molecular flexibility index (Phi) is 4.91. The van der Waals surface area contributed by atoms with E-state index in [9.17, 15) is 9.59 Å². The zero-order valence-electron chi connectivity index (χ0n) is 13.4. The van der Waals surface area contributed by atoms with E-state index in [0.717, 1.165) is 5.01 Å². The van der Waals surface area contributed by atoms with Gasteiger partial charge in [0.15, 0.2) is 5.69 Å². The van der Waals surface area contributed by atoms with Crippen molar-refractivity contribution in [1.82, 2.24) is 20.0 Å². The lowest BCUT2D eigenvalue weighted by molar-refractivity contribution is 0.101. The first-order chi connectivity index (χ1) is 11.9. The Hall–Kier alpha value is -2.58. The van der Waals surface area contributed by atoms with E-state index in [4.69, 9.17) is 11.6 Å². The van der Waals surface area contributed by atoms with Crippen LogP contribution >= 0.6 is 22.9 Å². The molecule has 0 spiro atoms. The maximum atomic E-state index is 12.4. The van der Waals surface area contributed by atoms with Crippen molar-refractivity contribution in [2.45, 2.75) is 19.8 Å². The molecule has 0 radical (unpaired) electrons. The summed E-state index contributed by atoms with van der Waals surface area (Å²) in [6, 6.07) is 8.21. The lowest BCUT2D eigenvalue weighted by Gasteiger charge is -2.07. The van der Waals surface area contributed by atoms with Crippen LogP contribution in [0.2, 0.25) is 5.02 Å². The van der Waals surface area contributed by atoms with Crippen molar-refractivity contribution in [3.05, 3.63) is 62.5 Å². The van der Waals surface area contributed by atoms with Crippen molar-refractivity contribution in [2.75, 3.05) is 5.32 Å². The molecule has 0 fully saturated rings. The number of carbonyl (C=O) groups excluding carboxylic acids is 1. The number of hydrogen-bond acceptors (Lipinski definition) is 6. The predicted octanol–water partition coefficient (Wildman–Crippen LogP) is 3.11. The van der Waals surface area contributed by atoms with E-state index in [2.05, 4.69) is 20.6 Å². The van der Waals surface area contributed by atoms with E-state index in [1.807, 2.05) is 13.8 Å². The van der Waals surface area contributed by atoms with Crippen LogP contribution in [0.3, 0.4) is 0 Å². The molecule has 9 heteroatoms. The van der Waals surface area contributed by atoms with E-state index in [-0.39, 0.29) is 11.6 Å². The number of aromatic nitrogens is 4. The van der Waals surface area contributed by atoms with Gasteiger partial charge in [0.2, 0.25) is 10.6 Å². The van der Waals surface area contributed by atoms with Crippen LogP contribution in [-0.2, 0) is 0 Å². The Morgan fingerprint density at radius 1 is 1.28 bits per heavy atom. The van der Waals surface area contributed by atoms with Crippen LogP contribution in [0.25, 0.3) is 5.69 Å². The first-order valence-electron chi connectivity index (χ1n) is 7.44. The van der Waals surface area contributed by atoms with Gasteiger partial charge in [0.1, 0.15) is 5.01 Å². The first-order valence-corrected chi connectivity index (χ1v) is 8.64. The molecule has 2 aromatic heterocycles. The Morgan fingerprint density at radius 2 is 2.08 bits per heavy atom. The second-order valence-electron chi connectivity index (χ2n) is 5.51. The molecule has 0 saturated heterocycles. The van der Waals surface area contributed by atoms with Crippen molar-refractivity contribution in [2.24, 2.45) is 0 Å². The highest BCUT2D eigenvalue weighted by molar-refractivity contribution is 7.15. The van der Waals surface area contributed by atoms with Gasteiger partial charge < -0.3 is 0 Å². The highest BCUT2D eigenvalue weighted by Crippen LogP contribution is 2.22. The number of nitrogens with zero attached hydrogens (tertiary/aromatic N) is 4. The molecular weight excluding hydrogens is 362 g/mol. The standard InChI is InChI=1S/C16H14ClN5O2S/c1-9(2)15-19-20-16(25-15)18-14(24)13-12(23)6-7-22(21-13)11-5-3-4-10(17)8-11/h3-9H,1-2H3,(H,18,20,24). The molecular formula is C16H14ClN5O2S. The van der Waals surface area contributed by atoms with Crippen LogP contribution in [0, 0.1) is 0 Å². The second kappa shape index (κ2) is 7.12. The van der Waals surface area contributed by atoms with Gasteiger partial charge in [0, 0.05) is 23.2 Å². The van der Waals surface area contributed by atoms with Crippen LogP contribution in [0.15, 0.2) is 41.3 Å². The molecule has 0 unspecified atom stereocenters. The fraction of sp³-hybridized carbons (Fsp3) is 0.188. The van der Waals surface area contributed by atoms with Crippen LogP contribution in [0.5, 0.6) is 0 Å². The van der Waals surface area contributed by atoms with E-state index < -0.39 is 11.3 Å². The molecule has 128 valence electrons. The van der Waals surface area contributed by atoms with Crippen molar-refractivity contribution in [3.63, 3.8) is 0 Å². The summed E-state index contributed by atoms with van der Waals surface area (Å²) in [5.74, 6) is -0.425. The molecule has 3 aromatic rings. The average molecular weight is 376 g/mol. The molecule has 25 heavy (non-hydrogen) atoms. The van der Waals surface area contributed by atoms with Crippen LogP contribution in [0.4, 0.5) is 5.13 Å². The van der Waals surface area contributed by atoms with Gasteiger partial charge in [-0.2, -0.15) is 5.10 Å². The number of halogens is 1. The summed E-state index contributed by atoms with van der Waals surface area (Å²) < 4.78 is 1.42. The van der Waals surface area contributed by atoms with Gasteiger partial charge in [-0.25, -0.2) is 4.68 Å². The van der Waals surface area contributed by atoms with E-state index in [1.54, 1.807) is 24.3 Å². The summed E-state index contributed by atoms with van der Waals surface area (Å²) >= 11 is 7.23. The third kappa shape index (κ3) is 3.92. The third-order valence-electron chi connectivity index (χ3n) is 3.25. The zero-order chi connectivity index (χ0) is 18.0. The number of carbonyl (C=O) groups is 1. The summed E-state index contributed by atoms with van der Waals surface area (Å²) in [4.78, 5) is 24.4. The normalized spacial score (nSPS) is 10.9. The summed E-state index contributed by atoms with van der Waals surface area (Å²) in [6.45, 7) is 3.96. The van der Waals surface area contributed by atoms with Gasteiger partial charge in [0.25, 0.3) is 5.91 Å². The molecule has 0 bridgehead atoms. The minimum Gasteiger partial charge on any atom is -0.295 e. The molecule has 0 aliphatic heterocycles. The number of rotatable bonds is 4. The number of hydrogen-bond donors (Lipinski definition) is 1. The molecule has 0 atom stereocenters. The summed E-state index contributed by atoms with van der Waals surface area (Å²) in [7, 11) is 0. The Morgan fingerprint density at radius 3 is 2.76 bits per heavy atom. The fourth-order valence-electron chi connectivity index (χ4n) is 2.00. The largest absolute Gasteiger partial charge is 0.295 e. The maximum absolute atomic E-state index is 12.4. The second-order valence-corrected chi connectivity index (χ2v) is 6.95. The molecule has 2 heterocycles. The topological polar surface area (TPSA) is 89.8 Å². The number of anilines is 1. The predicted molar refractivity (Wildman–Crippen MR) is 96.8 cm³/mol. The van der Waals surface area contributed by atoms with Gasteiger partial charge in [-0.05, 0) is 18.2 Å². The van der Waals surface area contributed by atoms with Gasteiger partial charge in [-0.15, -0.1) is 10.2 Å². The van der Waals surface area contributed by atoms with E-state index in [0.29, 0.717) is 15.8 Å². The fourth-order valence-corrected chi connectivity index (χ4v) is 2.93. The zero-order valence-corrected chi connectivity index (χ0v) is 15.0. The van der Waals surface area contributed by atoms with Crippen molar-refractivity contribution >= 4 is 34.0 Å². The van der Waals surface area contributed by atoms with Crippen LogP contribution in [0.1, 0.15) is 35.3 Å². The first kappa shape index (κ1) is 17.2. The summed E-state index contributed by atoms with van der Waals surface area (Å²) in [5, 5.41) is 16.2. The lowest BCUT2D eigenvalue weighted by Crippen LogP contribution is -2.25.